The first-order valence-corrected chi connectivity index (χ1v) is 19.4. The predicted molar refractivity (Wildman–Crippen MR) is 215 cm³/mol. The molecule has 6 rings (SSSR count). The third kappa shape index (κ3) is 10.9. The summed E-state index contributed by atoms with van der Waals surface area (Å²) in [4.78, 5) is 26.1. The summed E-state index contributed by atoms with van der Waals surface area (Å²) >= 11 is 0. The summed E-state index contributed by atoms with van der Waals surface area (Å²) in [6, 6.07) is 39.7. The Labute approximate surface area is 324 Å². The van der Waals surface area contributed by atoms with Crippen LogP contribution >= 0.6 is 0 Å². The number of amides is 2. The van der Waals surface area contributed by atoms with Gasteiger partial charge < -0.3 is 19.9 Å². The molecule has 4 unspecified atom stereocenters. The predicted octanol–water partition coefficient (Wildman–Crippen LogP) is 8.70. The minimum Gasteiger partial charge on any atom is -0.392 e. The SMILES string of the molecule is CC(c1ccc2ccccc2c1)N(C)CC1CC(c2ccc(CO)cc2)OC(c2ccc(-c3ccccc3CNC(=O)CCCCCCC(=O)NO)cc2)O1. The minimum absolute atomic E-state index is 0.00254. The van der Waals surface area contributed by atoms with Gasteiger partial charge in [-0.25, -0.2) is 5.48 Å². The molecule has 4 atom stereocenters. The molecule has 5 aromatic carbocycles. The molecule has 1 aliphatic heterocycles. The van der Waals surface area contributed by atoms with E-state index >= 15 is 0 Å². The first kappa shape index (κ1) is 39.8. The van der Waals surface area contributed by atoms with Gasteiger partial charge in [0.1, 0.15) is 0 Å². The molecule has 1 heterocycles. The maximum Gasteiger partial charge on any atom is 0.243 e. The van der Waals surface area contributed by atoms with Crippen LogP contribution in [0.2, 0.25) is 0 Å². The number of fused-ring (bicyclic) bond motifs is 1. The van der Waals surface area contributed by atoms with E-state index in [-0.39, 0.29) is 43.1 Å². The van der Waals surface area contributed by atoms with E-state index in [4.69, 9.17) is 14.7 Å². The summed E-state index contributed by atoms with van der Waals surface area (Å²) < 4.78 is 13.4. The number of likely N-dealkylation sites (N-methyl/N-ethyl adjacent to an activating group) is 1. The van der Waals surface area contributed by atoms with Crippen molar-refractivity contribution in [2.45, 2.75) is 89.6 Å². The largest absolute Gasteiger partial charge is 0.392 e. The highest BCUT2D eigenvalue weighted by Gasteiger charge is 2.33. The fourth-order valence-electron chi connectivity index (χ4n) is 7.27. The lowest BCUT2D eigenvalue weighted by atomic mass is 9.97. The maximum atomic E-state index is 12.6. The summed E-state index contributed by atoms with van der Waals surface area (Å²) in [5, 5.41) is 23.8. The van der Waals surface area contributed by atoms with E-state index in [1.54, 1.807) is 5.48 Å². The van der Waals surface area contributed by atoms with Gasteiger partial charge in [0.15, 0.2) is 6.29 Å². The topological polar surface area (TPSA) is 120 Å². The van der Waals surface area contributed by atoms with Crippen LogP contribution in [0.15, 0.2) is 115 Å². The molecule has 2 amide bonds. The van der Waals surface area contributed by atoms with Gasteiger partial charge in [-0.2, -0.15) is 0 Å². The van der Waals surface area contributed by atoms with E-state index in [1.807, 2.05) is 42.5 Å². The van der Waals surface area contributed by atoms with Crippen molar-refractivity contribution in [1.82, 2.24) is 15.7 Å². The van der Waals surface area contributed by atoms with Crippen LogP contribution < -0.4 is 10.8 Å². The van der Waals surface area contributed by atoms with E-state index in [0.717, 1.165) is 59.2 Å². The standard InChI is InChI=1S/C46H53N3O6/c1-32(38-26-21-34-11-7-8-12-39(34)27-38)49(2)30-41-28-43(36-19-17-33(31-50)18-20-36)55-46(54-41)37-24-22-35(23-25-37)42-14-10-9-13-40(42)29-47-44(51)15-5-3-4-6-16-45(52)48-53/h7-14,17-27,32,41,43,46,50,53H,3-6,15-16,28-31H2,1-2H3,(H,47,51)(H,48,52). The number of hydrogen-bond acceptors (Lipinski definition) is 7. The Balaban J connectivity index is 1.11. The van der Waals surface area contributed by atoms with Gasteiger partial charge in [-0.1, -0.05) is 122 Å². The van der Waals surface area contributed by atoms with Crippen molar-refractivity contribution < 1.29 is 29.4 Å². The molecule has 1 fully saturated rings. The van der Waals surface area contributed by atoms with Crippen LogP contribution in [-0.4, -0.2) is 46.7 Å². The van der Waals surface area contributed by atoms with Crippen molar-refractivity contribution >= 4 is 22.6 Å². The molecule has 4 N–H and O–H groups in total. The Kier molecular flexibility index (Phi) is 14.2. The average molecular weight is 744 g/mol. The van der Waals surface area contributed by atoms with Crippen molar-refractivity contribution in [3.63, 3.8) is 0 Å². The first-order valence-electron chi connectivity index (χ1n) is 19.4. The second kappa shape index (κ2) is 19.6. The molecule has 1 aliphatic rings. The quantitative estimate of drug-likeness (QED) is 0.0427. The third-order valence-corrected chi connectivity index (χ3v) is 10.7. The molecule has 0 aliphatic carbocycles. The van der Waals surface area contributed by atoms with Crippen molar-refractivity contribution in [1.29, 1.82) is 0 Å². The highest BCUT2D eigenvalue weighted by molar-refractivity contribution is 5.83. The van der Waals surface area contributed by atoms with E-state index in [0.29, 0.717) is 25.8 Å². The fraction of sp³-hybridized carbons (Fsp3) is 0.348. The van der Waals surface area contributed by atoms with Crippen LogP contribution in [0.5, 0.6) is 0 Å². The van der Waals surface area contributed by atoms with Gasteiger partial charge in [0.05, 0.1) is 18.8 Å². The number of carbonyl (C=O) groups is 2. The third-order valence-electron chi connectivity index (χ3n) is 10.7. The van der Waals surface area contributed by atoms with Crippen LogP contribution in [0, 0.1) is 0 Å². The number of ether oxygens (including phenoxy) is 2. The lowest BCUT2D eigenvalue weighted by Gasteiger charge is -2.39. The summed E-state index contributed by atoms with van der Waals surface area (Å²) in [5.41, 5.74) is 8.86. The zero-order valence-electron chi connectivity index (χ0n) is 31.8. The second-order valence-corrected chi connectivity index (χ2v) is 14.6. The highest BCUT2D eigenvalue weighted by atomic mass is 16.7. The minimum atomic E-state index is -0.568. The lowest BCUT2D eigenvalue weighted by molar-refractivity contribution is -0.253. The number of aliphatic hydroxyl groups is 1. The Morgan fingerprint density at radius 3 is 2.18 bits per heavy atom. The van der Waals surface area contributed by atoms with E-state index < -0.39 is 6.29 Å². The Morgan fingerprint density at radius 1 is 0.782 bits per heavy atom. The number of hydroxylamine groups is 1. The summed E-state index contributed by atoms with van der Waals surface area (Å²) in [6.45, 7) is 3.38. The molecule has 288 valence electrons. The van der Waals surface area contributed by atoms with Gasteiger partial charge in [-0.15, -0.1) is 0 Å². The summed E-state index contributed by atoms with van der Waals surface area (Å²) in [6.07, 6.45) is 3.68. The number of nitrogens with zero attached hydrogens (tertiary/aromatic N) is 1. The summed E-state index contributed by atoms with van der Waals surface area (Å²) in [7, 11) is 2.15. The van der Waals surface area contributed by atoms with Crippen molar-refractivity contribution in [3.8, 4) is 11.1 Å². The van der Waals surface area contributed by atoms with Gasteiger partial charge in [0, 0.05) is 44.0 Å². The first-order chi connectivity index (χ1) is 26.8. The molecule has 0 radical (unpaired) electrons. The molecule has 55 heavy (non-hydrogen) atoms. The fourth-order valence-corrected chi connectivity index (χ4v) is 7.27. The van der Waals surface area contributed by atoms with Gasteiger partial charge in [-0.05, 0) is 77.0 Å². The van der Waals surface area contributed by atoms with E-state index in [9.17, 15) is 14.7 Å². The van der Waals surface area contributed by atoms with Gasteiger partial charge in [0.2, 0.25) is 11.8 Å². The van der Waals surface area contributed by atoms with E-state index in [1.165, 1.54) is 16.3 Å². The molecule has 0 saturated carbocycles. The molecule has 9 nitrogen and oxygen atoms in total. The number of carbonyl (C=O) groups excluding carboxylic acids is 2. The Morgan fingerprint density at radius 2 is 1.45 bits per heavy atom. The number of benzene rings is 5. The zero-order valence-corrected chi connectivity index (χ0v) is 31.8. The second-order valence-electron chi connectivity index (χ2n) is 14.6. The van der Waals surface area contributed by atoms with Crippen molar-refractivity contribution in [3.05, 3.63) is 143 Å². The van der Waals surface area contributed by atoms with E-state index in [2.05, 4.69) is 97.0 Å². The van der Waals surface area contributed by atoms with Crippen LogP contribution in [0.3, 0.4) is 0 Å². The molecule has 0 spiro atoms. The van der Waals surface area contributed by atoms with Gasteiger partial charge >= 0.3 is 0 Å². The number of nitrogens with one attached hydrogen (secondary N) is 2. The molecule has 0 bridgehead atoms. The number of unbranched alkanes of at least 4 members (excludes halogenated alkanes) is 3. The number of aliphatic hydroxyl groups excluding tert-OH is 1. The zero-order chi connectivity index (χ0) is 38.6. The summed E-state index contributed by atoms with van der Waals surface area (Å²) in [5.74, 6) is -0.384. The maximum absolute atomic E-state index is 12.6. The van der Waals surface area contributed by atoms with Crippen molar-refractivity contribution in [2.24, 2.45) is 0 Å². The van der Waals surface area contributed by atoms with Crippen LogP contribution in [0.4, 0.5) is 0 Å². The molecular formula is C46H53N3O6. The van der Waals surface area contributed by atoms with Crippen LogP contribution in [0.1, 0.15) is 98.1 Å². The molecule has 9 heteroatoms. The molecule has 1 saturated heterocycles. The molecular weight excluding hydrogens is 691 g/mol. The molecule has 0 aromatic heterocycles. The normalized spacial score (nSPS) is 17.6. The number of rotatable bonds is 17. The smallest absolute Gasteiger partial charge is 0.243 e. The van der Waals surface area contributed by atoms with Gasteiger partial charge in [-0.3, -0.25) is 19.7 Å². The lowest BCUT2D eigenvalue weighted by Crippen LogP contribution is -2.38. The highest BCUT2D eigenvalue weighted by Crippen LogP contribution is 2.39. The van der Waals surface area contributed by atoms with Crippen LogP contribution in [0.25, 0.3) is 21.9 Å². The Hall–Kier alpha value is -4.90. The van der Waals surface area contributed by atoms with Gasteiger partial charge in [0.25, 0.3) is 0 Å². The average Bonchev–Trinajstić information content (AvgIpc) is 3.23. The monoisotopic (exact) mass is 743 g/mol. The van der Waals surface area contributed by atoms with Crippen LogP contribution in [-0.2, 0) is 32.2 Å². The molecule has 5 aromatic rings. The number of hydrogen-bond donors (Lipinski definition) is 4. The van der Waals surface area contributed by atoms with Crippen molar-refractivity contribution in [2.75, 3.05) is 13.6 Å². The Bertz CT molecular complexity index is 2000.